The van der Waals surface area contributed by atoms with E-state index in [1.165, 1.54) is 11.9 Å². The molecule has 1 aromatic heterocycles. The zero-order valence-electron chi connectivity index (χ0n) is 18.1. The average Bonchev–Trinajstić information content (AvgIpc) is 3.07. The second-order valence-corrected chi connectivity index (χ2v) is 8.95. The van der Waals surface area contributed by atoms with Gasteiger partial charge >= 0.3 is 6.18 Å². The number of aromatic nitrogens is 1. The standard InChI is InChI=1S/C24H25ClF3N3O/c1-23(2,29)15-30(3)22(32)21-19(17-9-11-18(25)12-10-17)13-20(24(26,27)28)31(21)14-16-7-5-4-6-8-16/h4-13H,14-15,29H2,1-3H3. The summed E-state index contributed by atoms with van der Waals surface area (Å²) >= 11 is 5.97. The van der Waals surface area contributed by atoms with Crippen LogP contribution in [0.1, 0.15) is 35.6 Å². The Morgan fingerprint density at radius 3 is 2.19 bits per heavy atom. The van der Waals surface area contributed by atoms with Gasteiger partial charge in [-0.05, 0) is 43.2 Å². The van der Waals surface area contributed by atoms with Gasteiger partial charge in [0.25, 0.3) is 5.91 Å². The normalized spacial score (nSPS) is 12.1. The van der Waals surface area contributed by atoms with Crippen molar-refractivity contribution in [3.63, 3.8) is 0 Å². The highest BCUT2D eigenvalue weighted by Crippen LogP contribution is 2.38. The second-order valence-electron chi connectivity index (χ2n) is 8.52. The molecule has 8 heteroatoms. The molecule has 0 aliphatic carbocycles. The minimum Gasteiger partial charge on any atom is -0.339 e. The lowest BCUT2D eigenvalue weighted by atomic mass is 10.0. The summed E-state index contributed by atoms with van der Waals surface area (Å²) in [5.41, 5.74) is 5.71. The highest BCUT2D eigenvalue weighted by atomic mass is 35.5. The fourth-order valence-corrected chi connectivity index (χ4v) is 3.78. The van der Waals surface area contributed by atoms with Crippen LogP contribution in [0, 0.1) is 0 Å². The van der Waals surface area contributed by atoms with Crippen molar-refractivity contribution < 1.29 is 18.0 Å². The Balaban J connectivity index is 2.24. The Kier molecular flexibility index (Phi) is 6.72. The van der Waals surface area contributed by atoms with E-state index in [1.807, 2.05) is 0 Å². The minimum atomic E-state index is -4.65. The van der Waals surface area contributed by atoms with Gasteiger partial charge in [0.1, 0.15) is 11.4 Å². The number of carbonyl (C=O) groups is 1. The molecule has 0 bridgehead atoms. The number of hydrogen-bond donors (Lipinski definition) is 1. The van der Waals surface area contributed by atoms with Crippen molar-refractivity contribution in [1.29, 1.82) is 0 Å². The van der Waals surface area contributed by atoms with E-state index in [0.717, 1.165) is 10.6 Å². The molecular weight excluding hydrogens is 439 g/mol. The summed E-state index contributed by atoms with van der Waals surface area (Å²) in [5.74, 6) is -0.542. The first-order valence-corrected chi connectivity index (χ1v) is 10.4. The number of benzene rings is 2. The van der Waals surface area contributed by atoms with E-state index in [9.17, 15) is 18.0 Å². The summed E-state index contributed by atoms with van der Waals surface area (Å²) in [4.78, 5) is 14.8. The first-order valence-electron chi connectivity index (χ1n) is 10.0. The third-order valence-electron chi connectivity index (χ3n) is 4.92. The van der Waals surface area contributed by atoms with Gasteiger partial charge < -0.3 is 15.2 Å². The van der Waals surface area contributed by atoms with Crippen molar-refractivity contribution in [2.24, 2.45) is 5.73 Å². The highest BCUT2D eigenvalue weighted by Gasteiger charge is 2.39. The lowest BCUT2D eigenvalue weighted by molar-refractivity contribution is -0.143. The van der Waals surface area contributed by atoms with Crippen LogP contribution < -0.4 is 5.73 Å². The molecule has 3 aromatic rings. The first-order chi connectivity index (χ1) is 14.9. The highest BCUT2D eigenvalue weighted by molar-refractivity contribution is 6.30. The van der Waals surface area contributed by atoms with E-state index in [4.69, 9.17) is 17.3 Å². The summed E-state index contributed by atoms with van der Waals surface area (Å²) < 4.78 is 43.3. The topological polar surface area (TPSA) is 51.3 Å². The van der Waals surface area contributed by atoms with Crippen molar-refractivity contribution in [2.45, 2.75) is 32.1 Å². The van der Waals surface area contributed by atoms with E-state index in [1.54, 1.807) is 68.4 Å². The summed E-state index contributed by atoms with van der Waals surface area (Å²) in [6, 6.07) is 16.1. The number of likely N-dealkylation sites (N-methyl/N-ethyl adjacent to an activating group) is 1. The smallest absolute Gasteiger partial charge is 0.339 e. The van der Waals surface area contributed by atoms with Crippen LogP contribution in [0.15, 0.2) is 60.7 Å². The summed E-state index contributed by atoms with van der Waals surface area (Å²) in [6.45, 7) is 3.57. The Morgan fingerprint density at radius 2 is 1.66 bits per heavy atom. The van der Waals surface area contributed by atoms with Crippen LogP contribution in [-0.2, 0) is 12.7 Å². The average molecular weight is 464 g/mol. The molecule has 0 aliphatic heterocycles. The molecule has 1 heterocycles. The third kappa shape index (κ3) is 5.53. The van der Waals surface area contributed by atoms with E-state index in [-0.39, 0.29) is 24.3 Å². The number of rotatable bonds is 6. The molecule has 0 saturated heterocycles. The van der Waals surface area contributed by atoms with Crippen molar-refractivity contribution in [2.75, 3.05) is 13.6 Å². The van der Waals surface area contributed by atoms with Crippen LogP contribution in [0.3, 0.4) is 0 Å². The molecule has 2 aromatic carbocycles. The maximum atomic E-state index is 14.1. The van der Waals surface area contributed by atoms with Crippen molar-refractivity contribution in [3.05, 3.63) is 82.6 Å². The molecule has 3 rings (SSSR count). The van der Waals surface area contributed by atoms with Gasteiger partial charge in [0, 0.05) is 36.3 Å². The van der Waals surface area contributed by atoms with E-state index in [0.29, 0.717) is 16.1 Å². The Morgan fingerprint density at radius 1 is 1.06 bits per heavy atom. The fourth-order valence-electron chi connectivity index (χ4n) is 3.66. The largest absolute Gasteiger partial charge is 0.431 e. The minimum absolute atomic E-state index is 0.0461. The Hall–Kier alpha value is -2.77. The zero-order valence-corrected chi connectivity index (χ0v) is 18.8. The maximum absolute atomic E-state index is 14.1. The van der Waals surface area contributed by atoms with E-state index < -0.39 is 23.3 Å². The van der Waals surface area contributed by atoms with Gasteiger partial charge in [-0.3, -0.25) is 4.79 Å². The number of nitrogens with zero attached hydrogens (tertiary/aromatic N) is 2. The van der Waals surface area contributed by atoms with Crippen LogP contribution in [0.2, 0.25) is 5.02 Å². The fraction of sp³-hybridized carbons (Fsp3) is 0.292. The molecule has 0 aliphatic rings. The number of halogens is 4. The molecule has 32 heavy (non-hydrogen) atoms. The van der Waals surface area contributed by atoms with Gasteiger partial charge in [0.05, 0.1) is 0 Å². The molecule has 0 fully saturated rings. The van der Waals surface area contributed by atoms with Gasteiger partial charge in [-0.25, -0.2) is 0 Å². The number of hydrogen-bond acceptors (Lipinski definition) is 2. The van der Waals surface area contributed by atoms with Crippen molar-refractivity contribution in [1.82, 2.24) is 9.47 Å². The number of nitrogens with two attached hydrogens (primary N) is 1. The molecule has 2 N–H and O–H groups in total. The zero-order chi connectivity index (χ0) is 23.7. The van der Waals surface area contributed by atoms with Gasteiger partial charge in [-0.2, -0.15) is 13.2 Å². The molecule has 0 unspecified atom stereocenters. The maximum Gasteiger partial charge on any atom is 0.431 e. The molecular formula is C24H25ClF3N3O. The van der Waals surface area contributed by atoms with E-state index >= 15 is 0 Å². The molecule has 4 nitrogen and oxygen atoms in total. The van der Waals surface area contributed by atoms with Crippen molar-refractivity contribution >= 4 is 17.5 Å². The number of alkyl halides is 3. The van der Waals surface area contributed by atoms with Crippen LogP contribution in [0.4, 0.5) is 13.2 Å². The summed E-state index contributed by atoms with van der Waals surface area (Å²) in [6.07, 6.45) is -4.65. The SMILES string of the molecule is CN(CC(C)(C)N)C(=O)c1c(-c2ccc(Cl)cc2)cc(C(F)(F)F)n1Cc1ccccc1. The number of carbonyl (C=O) groups excluding carboxylic acids is 1. The van der Waals surface area contributed by atoms with Crippen LogP contribution in [0.25, 0.3) is 11.1 Å². The Labute approximate surface area is 190 Å². The van der Waals surface area contributed by atoms with Gasteiger partial charge in [0.15, 0.2) is 0 Å². The third-order valence-corrected chi connectivity index (χ3v) is 5.17. The lowest BCUT2D eigenvalue weighted by Gasteiger charge is -2.27. The molecule has 170 valence electrons. The van der Waals surface area contributed by atoms with Crippen LogP contribution in [-0.4, -0.2) is 34.5 Å². The quantitative estimate of drug-likeness (QED) is 0.511. The second kappa shape index (κ2) is 9.00. The molecule has 0 spiro atoms. The lowest BCUT2D eigenvalue weighted by Crippen LogP contribution is -2.46. The van der Waals surface area contributed by atoms with Gasteiger partial charge in [-0.15, -0.1) is 0 Å². The predicted molar refractivity (Wildman–Crippen MR) is 121 cm³/mol. The van der Waals surface area contributed by atoms with E-state index in [2.05, 4.69) is 0 Å². The van der Waals surface area contributed by atoms with Crippen LogP contribution >= 0.6 is 11.6 Å². The first kappa shape index (κ1) is 23.9. The molecule has 0 saturated carbocycles. The predicted octanol–water partition coefficient (Wildman–Crippen LogP) is 5.68. The van der Waals surface area contributed by atoms with Crippen LogP contribution in [0.5, 0.6) is 0 Å². The monoisotopic (exact) mass is 463 g/mol. The molecule has 0 atom stereocenters. The number of amides is 1. The molecule has 0 radical (unpaired) electrons. The Bertz CT molecular complexity index is 1080. The van der Waals surface area contributed by atoms with Gasteiger partial charge in [0.2, 0.25) is 0 Å². The van der Waals surface area contributed by atoms with Gasteiger partial charge in [-0.1, -0.05) is 54.1 Å². The van der Waals surface area contributed by atoms with Crippen molar-refractivity contribution in [3.8, 4) is 11.1 Å². The summed E-state index contributed by atoms with van der Waals surface area (Å²) in [5, 5.41) is 0.448. The summed E-state index contributed by atoms with van der Waals surface area (Å²) in [7, 11) is 1.54. The molecule has 1 amide bonds.